The molecule has 2 aromatic rings. The number of carbonyl (C=O) groups excluding carboxylic acids is 1. The number of aryl methyl sites for hydroxylation is 1. The van der Waals surface area contributed by atoms with Crippen molar-refractivity contribution in [1.82, 2.24) is 15.0 Å². The molecule has 0 N–H and O–H groups in total. The number of benzene rings is 1. The zero-order valence-electron chi connectivity index (χ0n) is 13.4. The highest BCUT2D eigenvalue weighted by Gasteiger charge is 2.31. The minimum atomic E-state index is -0.0825. The van der Waals surface area contributed by atoms with Crippen LogP contribution in [0.2, 0.25) is 0 Å². The zero-order valence-corrected chi connectivity index (χ0v) is 13.4. The summed E-state index contributed by atoms with van der Waals surface area (Å²) in [5.41, 5.74) is 3.22. The van der Waals surface area contributed by atoms with Crippen LogP contribution in [0.1, 0.15) is 29.5 Å². The number of nitrogens with zero attached hydrogens (tertiary/aromatic N) is 5. The molecular formula is C16H21N5O. The Morgan fingerprint density at radius 3 is 2.55 bits per heavy atom. The SMILES string of the molecule is Cc1c(C(=O)N2c3ccccc3N(C)CCC2C)nnn1C. The van der Waals surface area contributed by atoms with E-state index in [0.29, 0.717) is 5.69 Å². The lowest BCUT2D eigenvalue weighted by molar-refractivity contribution is 0.0972. The molecule has 1 aromatic heterocycles. The molecule has 1 atom stereocenters. The molecule has 1 aliphatic rings. The van der Waals surface area contributed by atoms with Crippen LogP contribution >= 0.6 is 0 Å². The topological polar surface area (TPSA) is 54.3 Å². The van der Waals surface area contributed by atoms with Gasteiger partial charge in [-0.3, -0.25) is 9.48 Å². The van der Waals surface area contributed by atoms with Gasteiger partial charge in [0, 0.05) is 26.7 Å². The van der Waals surface area contributed by atoms with Gasteiger partial charge in [-0.25, -0.2) is 0 Å². The summed E-state index contributed by atoms with van der Waals surface area (Å²) < 4.78 is 1.63. The van der Waals surface area contributed by atoms with Crippen molar-refractivity contribution in [3.63, 3.8) is 0 Å². The molecule has 22 heavy (non-hydrogen) atoms. The van der Waals surface area contributed by atoms with Crippen LogP contribution in [-0.2, 0) is 7.05 Å². The summed E-state index contributed by atoms with van der Waals surface area (Å²) in [6.07, 6.45) is 0.913. The maximum atomic E-state index is 13.1. The lowest BCUT2D eigenvalue weighted by Crippen LogP contribution is -2.39. The Bertz CT molecular complexity index is 708. The van der Waals surface area contributed by atoms with Gasteiger partial charge in [0.2, 0.25) is 0 Å². The second-order valence-electron chi connectivity index (χ2n) is 5.87. The normalized spacial score (nSPS) is 18.1. The maximum Gasteiger partial charge on any atom is 0.281 e. The van der Waals surface area contributed by atoms with Crippen molar-refractivity contribution in [1.29, 1.82) is 0 Å². The van der Waals surface area contributed by atoms with Crippen LogP contribution in [0.4, 0.5) is 11.4 Å². The minimum Gasteiger partial charge on any atom is -0.373 e. The Balaban J connectivity index is 2.09. The fourth-order valence-corrected chi connectivity index (χ4v) is 2.88. The smallest absolute Gasteiger partial charge is 0.281 e. The predicted molar refractivity (Wildman–Crippen MR) is 86.3 cm³/mol. The van der Waals surface area contributed by atoms with E-state index in [1.165, 1.54) is 0 Å². The summed E-state index contributed by atoms with van der Waals surface area (Å²) in [5, 5.41) is 8.02. The average molecular weight is 299 g/mol. The predicted octanol–water partition coefficient (Wildman–Crippen LogP) is 2.00. The number of aromatic nitrogens is 3. The third kappa shape index (κ3) is 2.24. The average Bonchev–Trinajstić information content (AvgIpc) is 2.78. The molecule has 3 rings (SSSR count). The summed E-state index contributed by atoms with van der Waals surface area (Å²) in [6, 6.07) is 8.13. The van der Waals surface area contributed by atoms with Gasteiger partial charge in [-0.1, -0.05) is 17.3 Å². The van der Waals surface area contributed by atoms with Crippen molar-refractivity contribution >= 4 is 17.3 Å². The first kappa shape index (κ1) is 14.6. The summed E-state index contributed by atoms with van der Waals surface area (Å²) in [6.45, 7) is 4.87. The number of para-hydroxylation sites is 2. The van der Waals surface area contributed by atoms with E-state index in [2.05, 4.69) is 35.2 Å². The number of amides is 1. The minimum absolute atomic E-state index is 0.0825. The van der Waals surface area contributed by atoms with Crippen LogP contribution in [0.25, 0.3) is 0 Å². The molecule has 0 saturated heterocycles. The Hall–Kier alpha value is -2.37. The first-order valence-electron chi connectivity index (χ1n) is 7.50. The van der Waals surface area contributed by atoms with Gasteiger partial charge < -0.3 is 9.80 Å². The highest BCUT2D eigenvalue weighted by Crippen LogP contribution is 2.34. The van der Waals surface area contributed by atoms with Gasteiger partial charge in [-0.15, -0.1) is 5.10 Å². The lowest BCUT2D eigenvalue weighted by Gasteiger charge is -2.28. The molecule has 1 amide bonds. The van der Waals surface area contributed by atoms with Crippen LogP contribution in [0.3, 0.4) is 0 Å². The number of anilines is 2. The van der Waals surface area contributed by atoms with E-state index in [9.17, 15) is 4.79 Å². The van der Waals surface area contributed by atoms with Gasteiger partial charge in [0.25, 0.3) is 5.91 Å². The molecule has 0 fully saturated rings. The molecule has 2 heterocycles. The Kier molecular flexibility index (Phi) is 3.60. The monoisotopic (exact) mass is 299 g/mol. The summed E-state index contributed by atoms with van der Waals surface area (Å²) in [5.74, 6) is -0.0825. The fourth-order valence-electron chi connectivity index (χ4n) is 2.88. The van der Waals surface area contributed by atoms with E-state index in [0.717, 1.165) is 30.0 Å². The molecule has 116 valence electrons. The fraction of sp³-hybridized carbons (Fsp3) is 0.438. The number of carbonyl (C=O) groups is 1. The largest absolute Gasteiger partial charge is 0.373 e. The third-order valence-corrected chi connectivity index (χ3v) is 4.40. The zero-order chi connectivity index (χ0) is 15.9. The van der Waals surface area contributed by atoms with Crippen molar-refractivity contribution in [2.75, 3.05) is 23.4 Å². The number of fused-ring (bicyclic) bond motifs is 1. The van der Waals surface area contributed by atoms with Crippen LogP contribution < -0.4 is 9.80 Å². The van der Waals surface area contributed by atoms with Gasteiger partial charge in [0.15, 0.2) is 5.69 Å². The molecule has 0 spiro atoms. The van der Waals surface area contributed by atoms with E-state index in [4.69, 9.17) is 0 Å². The molecule has 0 bridgehead atoms. The third-order valence-electron chi connectivity index (χ3n) is 4.40. The standard InChI is InChI=1S/C16H21N5O/c1-11-9-10-19(3)13-7-5-6-8-14(13)21(11)16(22)15-12(2)20(4)18-17-15/h5-8,11H,9-10H2,1-4H3. The molecule has 1 aliphatic heterocycles. The van der Waals surface area contributed by atoms with E-state index < -0.39 is 0 Å². The molecule has 0 saturated carbocycles. The van der Waals surface area contributed by atoms with Crippen LogP contribution in [-0.4, -0.2) is 40.5 Å². The molecule has 0 aliphatic carbocycles. The maximum absolute atomic E-state index is 13.1. The number of hydrogen-bond acceptors (Lipinski definition) is 4. The summed E-state index contributed by atoms with van der Waals surface area (Å²) >= 11 is 0. The lowest BCUT2D eigenvalue weighted by atomic mass is 10.1. The van der Waals surface area contributed by atoms with Gasteiger partial charge in [-0.05, 0) is 32.4 Å². The second kappa shape index (κ2) is 5.44. The molecule has 6 heteroatoms. The van der Waals surface area contributed by atoms with Crippen LogP contribution in [0, 0.1) is 6.92 Å². The summed E-state index contributed by atoms with van der Waals surface area (Å²) in [7, 11) is 3.86. The molecule has 1 aromatic carbocycles. The van der Waals surface area contributed by atoms with Gasteiger partial charge in [0.1, 0.15) is 0 Å². The first-order chi connectivity index (χ1) is 10.5. The van der Waals surface area contributed by atoms with Crippen LogP contribution in [0.5, 0.6) is 0 Å². The van der Waals surface area contributed by atoms with E-state index in [1.54, 1.807) is 11.7 Å². The highest BCUT2D eigenvalue weighted by atomic mass is 16.2. The number of hydrogen-bond donors (Lipinski definition) is 0. The van der Waals surface area contributed by atoms with Gasteiger partial charge in [-0.2, -0.15) is 0 Å². The van der Waals surface area contributed by atoms with Crippen molar-refractivity contribution < 1.29 is 4.79 Å². The van der Waals surface area contributed by atoms with E-state index in [1.807, 2.05) is 30.0 Å². The summed E-state index contributed by atoms with van der Waals surface area (Å²) in [4.78, 5) is 17.1. The van der Waals surface area contributed by atoms with Gasteiger partial charge >= 0.3 is 0 Å². The Morgan fingerprint density at radius 2 is 1.91 bits per heavy atom. The highest BCUT2D eigenvalue weighted by molar-refractivity contribution is 6.07. The Morgan fingerprint density at radius 1 is 1.23 bits per heavy atom. The first-order valence-corrected chi connectivity index (χ1v) is 7.50. The van der Waals surface area contributed by atoms with Gasteiger partial charge in [0.05, 0.1) is 17.1 Å². The van der Waals surface area contributed by atoms with E-state index in [-0.39, 0.29) is 11.9 Å². The van der Waals surface area contributed by atoms with Crippen molar-refractivity contribution in [2.45, 2.75) is 26.3 Å². The van der Waals surface area contributed by atoms with Crippen molar-refractivity contribution in [3.8, 4) is 0 Å². The number of rotatable bonds is 1. The Labute approximate surface area is 130 Å². The van der Waals surface area contributed by atoms with Crippen molar-refractivity contribution in [2.24, 2.45) is 7.05 Å². The second-order valence-corrected chi connectivity index (χ2v) is 5.87. The molecule has 6 nitrogen and oxygen atoms in total. The van der Waals surface area contributed by atoms with Crippen molar-refractivity contribution in [3.05, 3.63) is 35.7 Å². The van der Waals surface area contributed by atoms with E-state index >= 15 is 0 Å². The van der Waals surface area contributed by atoms with Crippen LogP contribution in [0.15, 0.2) is 24.3 Å². The molecule has 1 unspecified atom stereocenters. The molecular weight excluding hydrogens is 278 g/mol. The quantitative estimate of drug-likeness (QED) is 0.808. The molecule has 0 radical (unpaired) electrons.